The molecule has 2 N–H and O–H groups in total. The molecule has 1 aliphatic carbocycles. The van der Waals surface area contributed by atoms with Crippen LogP contribution in [0.1, 0.15) is 18.4 Å². The molecule has 0 atom stereocenters. The van der Waals surface area contributed by atoms with E-state index >= 15 is 0 Å². The number of pyridine rings is 1. The van der Waals surface area contributed by atoms with Crippen molar-refractivity contribution in [3.05, 3.63) is 35.0 Å². The Labute approximate surface area is 142 Å². The number of halogens is 1. The lowest BCUT2D eigenvalue weighted by Crippen LogP contribution is -2.47. The predicted octanol–water partition coefficient (Wildman–Crippen LogP) is 2.67. The third-order valence-corrected chi connectivity index (χ3v) is 5.31. The molecule has 23 heavy (non-hydrogen) atoms. The second kappa shape index (κ2) is 6.27. The quantitative estimate of drug-likeness (QED) is 0.936. The van der Waals surface area contributed by atoms with E-state index in [1.54, 1.807) is 0 Å². The van der Waals surface area contributed by atoms with E-state index in [2.05, 4.69) is 26.9 Å². The average molecular weight is 331 g/mol. The van der Waals surface area contributed by atoms with Crippen molar-refractivity contribution in [2.24, 2.45) is 5.73 Å². The van der Waals surface area contributed by atoms with Crippen molar-refractivity contribution in [2.45, 2.75) is 25.3 Å². The molecular weight excluding hydrogens is 308 g/mol. The Morgan fingerprint density at radius 1 is 1.22 bits per heavy atom. The highest BCUT2D eigenvalue weighted by Gasteiger charge is 2.32. The number of aromatic nitrogens is 1. The van der Waals surface area contributed by atoms with Gasteiger partial charge in [0.05, 0.1) is 16.2 Å². The fourth-order valence-electron chi connectivity index (χ4n) is 3.69. The summed E-state index contributed by atoms with van der Waals surface area (Å²) in [5, 5.41) is 1.81. The fourth-order valence-corrected chi connectivity index (χ4v) is 3.97. The van der Waals surface area contributed by atoms with Gasteiger partial charge in [-0.15, -0.1) is 0 Å². The molecule has 2 heterocycles. The first-order chi connectivity index (χ1) is 11.3. The van der Waals surface area contributed by atoms with Gasteiger partial charge in [0.1, 0.15) is 0 Å². The van der Waals surface area contributed by atoms with Gasteiger partial charge in [0.25, 0.3) is 0 Å². The van der Waals surface area contributed by atoms with Crippen molar-refractivity contribution in [1.29, 1.82) is 0 Å². The van der Waals surface area contributed by atoms with Gasteiger partial charge < -0.3 is 10.6 Å². The molecule has 0 radical (unpaired) electrons. The zero-order valence-corrected chi connectivity index (χ0v) is 14.1. The summed E-state index contributed by atoms with van der Waals surface area (Å²) < 4.78 is 0. The van der Waals surface area contributed by atoms with Crippen LogP contribution < -0.4 is 10.6 Å². The number of rotatable bonds is 4. The number of hydrogen-bond donors (Lipinski definition) is 1. The van der Waals surface area contributed by atoms with Crippen molar-refractivity contribution in [1.82, 2.24) is 9.88 Å². The summed E-state index contributed by atoms with van der Waals surface area (Å²) in [6, 6.07) is 6.94. The normalized spacial score (nSPS) is 19.5. The third kappa shape index (κ3) is 2.91. The summed E-state index contributed by atoms with van der Waals surface area (Å²) >= 11 is 6.47. The number of nitrogens with two attached hydrogens (primary N) is 1. The van der Waals surface area contributed by atoms with E-state index in [4.69, 9.17) is 17.3 Å². The van der Waals surface area contributed by atoms with Crippen LogP contribution in [0.25, 0.3) is 10.9 Å². The molecule has 2 aliphatic rings. The monoisotopic (exact) mass is 330 g/mol. The minimum absolute atomic E-state index is 0.629. The van der Waals surface area contributed by atoms with Crippen LogP contribution in [-0.2, 0) is 6.42 Å². The lowest BCUT2D eigenvalue weighted by molar-refractivity contribution is 0.248. The lowest BCUT2D eigenvalue weighted by Gasteiger charge is -2.37. The van der Waals surface area contributed by atoms with Gasteiger partial charge in [-0.1, -0.05) is 11.6 Å². The minimum atomic E-state index is 0.629. The highest BCUT2D eigenvalue weighted by molar-refractivity contribution is 6.36. The average Bonchev–Trinajstić information content (AvgIpc) is 3.41. The maximum absolute atomic E-state index is 6.47. The van der Waals surface area contributed by atoms with Gasteiger partial charge >= 0.3 is 0 Å². The molecule has 1 aromatic carbocycles. The lowest BCUT2D eigenvalue weighted by atomic mass is 10.0. The van der Waals surface area contributed by atoms with Crippen LogP contribution in [0.4, 0.5) is 5.69 Å². The van der Waals surface area contributed by atoms with Gasteiger partial charge in [0.2, 0.25) is 0 Å². The molecule has 1 aliphatic heterocycles. The Hall–Kier alpha value is -1.36. The zero-order valence-electron chi connectivity index (χ0n) is 13.3. The van der Waals surface area contributed by atoms with Crippen LogP contribution in [-0.4, -0.2) is 48.6 Å². The van der Waals surface area contributed by atoms with Gasteiger partial charge in [-0.2, -0.15) is 0 Å². The van der Waals surface area contributed by atoms with Crippen LogP contribution in [0.15, 0.2) is 24.4 Å². The topological polar surface area (TPSA) is 45.4 Å². The van der Waals surface area contributed by atoms with Gasteiger partial charge in [0.15, 0.2) is 0 Å². The summed E-state index contributed by atoms with van der Waals surface area (Å²) in [6.45, 7) is 5.03. The van der Waals surface area contributed by atoms with Crippen LogP contribution in [0.2, 0.25) is 5.02 Å². The molecule has 122 valence electrons. The molecule has 2 fully saturated rings. The number of piperazine rings is 1. The zero-order chi connectivity index (χ0) is 15.8. The Balaban J connectivity index is 1.72. The predicted molar refractivity (Wildman–Crippen MR) is 96.3 cm³/mol. The molecule has 2 aromatic rings. The van der Waals surface area contributed by atoms with E-state index in [-0.39, 0.29) is 0 Å². The maximum atomic E-state index is 6.47. The number of anilines is 1. The Morgan fingerprint density at radius 3 is 2.70 bits per heavy atom. The van der Waals surface area contributed by atoms with Crippen molar-refractivity contribution in [2.75, 3.05) is 37.6 Å². The molecular formula is C18H23ClN4. The van der Waals surface area contributed by atoms with E-state index < -0.39 is 0 Å². The highest BCUT2D eigenvalue weighted by Crippen LogP contribution is 2.36. The second-order valence-electron chi connectivity index (χ2n) is 6.56. The number of benzene rings is 1. The number of hydrogen-bond acceptors (Lipinski definition) is 4. The van der Waals surface area contributed by atoms with Gasteiger partial charge in [-0.25, -0.2) is 0 Å². The van der Waals surface area contributed by atoms with Crippen molar-refractivity contribution in [3.63, 3.8) is 0 Å². The Kier molecular flexibility index (Phi) is 4.14. The first kappa shape index (κ1) is 15.2. The summed E-state index contributed by atoms with van der Waals surface area (Å²) in [5.74, 6) is 0. The first-order valence-electron chi connectivity index (χ1n) is 8.53. The molecule has 0 bridgehead atoms. The van der Waals surface area contributed by atoms with Crippen molar-refractivity contribution in [3.8, 4) is 0 Å². The molecule has 1 saturated carbocycles. The SMILES string of the molecule is NCCc1cc(Cl)c2cccnc2c1N1CCN(C2CC2)CC1. The standard InChI is InChI=1S/C18H23ClN4/c19-16-12-13(5-6-20)18(17-15(16)2-1-7-21-17)23-10-8-22(9-11-23)14-3-4-14/h1-2,7,12,14H,3-6,8-11,20H2. The largest absolute Gasteiger partial charge is 0.367 e. The molecule has 0 unspecified atom stereocenters. The van der Waals surface area contributed by atoms with Crippen molar-refractivity contribution < 1.29 is 0 Å². The summed E-state index contributed by atoms with van der Waals surface area (Å²) in [6.07, 6.45) is 5.45. The molecule has 4 nitrogen and oxygen atoms in total. The van der Waals surface area contributed by atoms with E-state index in [1.807, 2.05) is 12.3 Å². The van der Waals surface area contributed by atoms with Crippen LogP contribution in [0, 0.1) is 0 Å². The maximum Gasteiger partial charge on any atom is 0.0953 e. The smallest absolute Gasteiger partial charge is 0.0953 e. The Morgan fingerprint density at radius 2 is 2.00 bits per heavy atom. The van der Waals surface area contributed by atoms with E-state index in [0.717, 1.165) is 54.6 Å². The Bertz CT molecular complexity index is 705. The molecule has 1 saturated heterocycles. The third-order valence-electron chi connectivity index (χ3n) is 5.00. The highest BCUT2D eigenvalue weighted by atomic mass is 35.5. The van der Waals surface area contributed by atoms with Crippen LogP contribution in [0.5, 0.6) is 0 Å². The molecule has 1 aromatic heterocycles. The van der Waals surface area contributed by atoms with Gasteiger partial charge in [-0.3, -0.25) is 9.88 Å². The van der Waals surface area contributed by atoms with E-state index in [1.165, 1.54) is 24.1 Å². The fraction of sp³-hybridized carbons (Fsp3) is 0.500. The number of nitrogens with zero attached hydrogens (tertiary/aromatic N) is 3. The van der Waals surface area contributed by atoms with Gasteiger partial charge in [0, 0.05) is 43.8 Å². The van der Waals surface area contributed by atoms with Crippen molar-refractivity contribution >= 4 is 28.2 Å². The molecule has 5 heteroatoms. The number of fused-ring (bicyclic) bond motifs is 1. The van der Waals surface area contributed by atoms with Crippen LogP contribution >= 0.6 is 11.6 Å². The van der Waals surface area contributed by atoms with Gasteiger partial charge in [-0.05, 0) is 49.6 Å². The second-order valence-corrected chi connectivity index (χ2v) is 6.97. The summed E-state index contributed by atoms with van der Waals surface area (Å²) in [5.41, 5.74) is 9.32. The summed E-state index contributed by atoms with van der Waals surface area (Å²) in [7, 11) is 0. The van der Waals surface area contributed by atoms with E-state index in [9.17, 15) is 0 Å². The van der Waals surface area contributed by atoms with E-state index in [0.29, 0.717) is 6.54 Å². The summed E-state index contributed by atoms with van der Waals surface area (Å²) in [4.78, 5) is 9.76. The first-order valence-corrected chi connectivity index (χ1v) is 8.91. The molecule has 4 rings (SSSR count). The minimum Gasteiger partial charge on any atom is -0.367 e. The van der Waals surface area contributed by atoms with Crippen LogP contribution in [0.3, 0.4) is 0 Å². The molecule has 0 spiro atoms. The molecule has 0 amide bonds.